The summed E-state index contributed by atoms with van der Waals surface area (Å²) in [7, 11) is 1.33. The summed E-state index contributed by atoms with van der Waals surface area (Å²) in [5.74, 6) is 0.633. The maximum atomic E-state index is 14.3. The van der Waals surface area contributed by atoms with Crippen LogP contribution in [0.25, 0.3) is 16.6 Å². The van der Waals surface area contributed by atoms with Crippen molar-refractivity contribution in [3.05, 3.63) is 60.4 Å². The van der Waals surface area contributed by atoms with Gasteiger partial charge in [0.25, 0.3) is 0 Å². The van der Waals surface area contributed by atoms with Crippen LogP contribution in [0.5, 0.6) is 17.4 Å². The van der Waals surface area contributed by atoms with Crippen LogP contribution < -0.4 is 24.4 Å². The van der Waals surface area contributed by atoms with Crippen LogP contribution in [0.3, 0.4) is 0 Å². The third kappa shape index (κ3) is 6.53. The molecule has 1 saturated heterocycles. The minimum Gasteiger partial charge on any atom is -0.492 e. The Bertz CT molecular complexity index is 1660. The van der Waals surface area contributed by atoms with Crippen LogP contribution in [0.1, 0.15) is 33.3 Å². The fraction of sp³-hybridized carbons (Fsp3) is 0.367. The minimum absolute atomic E-state index is 0.144. The van der Waals surface area contributed by atoms with E-state index in [4.69, 9.17) is 23.9 Å². The van der Waals surface area contributed by atoms with Crippen molar-refractivity contribution in [1.82, 2.24) is 24.9 Å². The number of rotatable bonds is 8. The number of nitrogens with one attached hydrogen (secondary N) is 1. The van der Waals surface area contributed by atoms with Crippen LogP contribution in [0.15, 0.2) is 49.1 Å². The molecule has 1 aliphatic heterocycles. The molecule has 1 amide bonds. The van der Waals surface area contributed by atoms with Crippen molar-refractivity contribution in [3.8, 4) is 34.6 Å². The van der Waals surface area contributed by atoms with Crippen molar-refractivity contribution in [1.29, 1.82) is 5.26 Å². The predicted molar refractivity (Wildman–Crippen MR) is 155 cm³/mol. The molecule has 0 bridgehead atoms. The highest BCUT2D eigenvalue weighted by molar-refractivity contribution is 5.85. The minimum atomic E-state index is -0.690. The van der Waals surface area contributed by atoms with Gasteiger partial charge in [-0.05, 0) is 45.9 Å². The van der Waals surface area contributed by atoms with Gasteiger partial charge in [0.2, 0.25) is 5.88 Å². The normalized spacial score (nSPS) is 16.5. The van der Waals surface area contributed by atoms with Crippen molar-refractivity contribution in [3.63, 3.8) is 0 Å². The van der Waals surface area contributed by atoms with Crippen LogP contribution in [-0.4, -0.2) is 70.2 Å². The van der Waals surface area contributed by atoms with E-state index < -0.39 is 29.7 Å². The second-order valence-electron chi connectivity index (χ2n) is 10.9. The number of aromatic nitrogens is 4. The summed E-state index contributed by atoms with van der Waals surface area (Å²) < 4.78 is 38.1. The molecule has 0 unspecified atom stereocenters. The topological polar surface area (TPSA) is 136 Å². The molecule has 5 heterocycles. The molecule has 0 aliphatic carbocycles. The first kappa shape index (κ1) is 29.4. The first-order valence-corrected chi connectivity index (χ1v) is 13.7. The zero-order valence-electron chi connectivity index (χ0n) is 24.5. The molecule has 1 N–H and O–H groups in total. The smallest absolute Gasteiger partial charge is 0.408 e. The number of pyridine rings is 3. The Kier molecular flexibility index (Phi) is 8.20. The zero-order chi connectivity index (χ0) is 30.7. The molecule has 4 aromatic heterocycles. The Hall–Kier alpha value is -5.12. The SMILES string of the molecule is CCOc1cc(-c2ccc(N3C[C@@H](NC(=O)OC(C)(C)C)[C@H](Oc4cnc(OC)c(F)c4)C3)nc2)c2c(C#N)cnn2c1. The van der Waals surface area contributed by atoms with Gasteiger partial charge in [-0.25, -0.2) is 23.7 Å². The standard InChI is InChI=1S/C30H32FN7O5/c1-6-41-21-9-22(27-19(11-32)13-35-38(27)15-21)18-7-8-26(33-12-18)37-16-24(36-29(39)43-30(2,3)4)25(17-37)42-20-10-23(31)28(40-5)34-14-20/h7-10,12-15,24-25H,6,16-17H2,1-5H3,(H,36,39)/t24-,25-/m1/s1. The van der Waals surface area contributed by atoms with E-state index in [1.54, 1.807) is 37.7 Å². The predicted octanol–water partition coefficient (Wildman–Crippen LogP) is 4.37. The average molecular weight is 590 g/mol. The number of hydrogen-bond donors (Lipinski definition) is 1. The van der Waals surface area contributed by atoms with Crippen LogP contribution in [-0.2, 0) is 4.74 Å². The number of halogens is 1. The van der Waals surface area contributed by atoms with Crippen molar-refractivity contribution in [2.24, 2.45) is 0 Å². The maximum absolute atomic E-state index is 14.3. The lowest BCUT2D eigenvalue weighted by molar-refractivity contribution is 0.0473. The second-order valence-corrected chi connectivity index (χ2v) is 10.9. The fourth-order valence-electron chi connectivity index (χ4n) is 4.85. The molecule has 1 fully saturated rings. The van der Waals surface area contributed by atoms with Gasteiger partial charge in [0, 0.05) is 29.9 Å². The van der Waals surface area contributed by atoms with Gasteiger partial charge < -0.3 is 29.2 Å². The van der Waals surface area contributed by atoms with Gasteiger partial charge in [-0.3, -0.25) is 0 Å². The van der Waals surface area contributed by atoms with E-state index in [0.29, 0.717) is 42.3 Å². The van der Waals surface area contributed by atoms with E-state index >= 15 is 0 Å². The Morgan fingerprint density at radius 2 is 1.98 bits per heavy atom. The molecular formula is C30H32FN7O5. The van der Waals surface area contributed by atoms with Gasteiger partial charge in [0.05, 0.1) is 56.0 Å². The molecule has 13 heteroatoms. The number of nitrogens with zero attached hydrogens (tertiary/aromatic N) is 6. The molecule has 0 saturated carbocycles. The van der Waals surface area contributed by atoms with Gasteiger partial charge in [-0.15, -0.1) is 0 Å². The van der Waals surface area contributed by atoms with Gasteiger partial charge >= 0.3 is 6.09 Å². The maximum Gasteiger partial charge on any atom is 0.408 e. The number of hydrogen-bond acceptors (Lipinski definition) is 10. The molecule has 0 aromatic carbocycles. The zero-order valence-corrected chi connectivity index (χ0v) is 24.5. The monoisotopic (exact) mass is 589 g/mol. The molecule has 5 rings (SSSR count). The number of carbonyl (C=O) groups is 1. The number of ether oxygens (including phenoxy) is 4. The van der Waals surface area contributed by atoms with Gasteiger partial charge in [0.15, 0.2) is 5.82 Å². The highest BCUT2D eigenvalue weighted by Gasteiger charge is 2.37. The first-order valence-electron chi connectivity index (χ1n) is 13.7. The molecule has 0 spiro atoms. The highest BCUT2D eigenvalue weighted by Crippen LogP contribution is 2.32. The quantitative estimate of drug-likeness (QED) is 0.316. The van der Waals surface area contributed by atoms with Gasteiger partial charge in [0.1, 0.15) is 35.1 Å². The number of fused-ring (bicyclic) bond motifs is 1. The lowest BCUT2D eigenvalue weighted by Gasteiger charge is -2.24. The van der Waals surface area contributed by atoms with Gasteiger partial charge in [-0.1, -0.05) is 0 Å². The first-order chi connectivity index (χ1) is 20.6. The Labute approximate surface area is 248 Å². The van der Waals surface area contributed by atoms with E-state index in [2.05, 4.69) is 21.5 Å². The van der Waals surface area contributed by atoms with Gasteiger partial charge in [-0.2, -0.15) is 10.4 Å². The van der Waals surface area contributed by atoms with E-state index in [1.807, 2.05) is 30.0 Å². The van der Waals surface area contributed by atoms with E-state index in [0.717, 1.165) is 11.1 Å². The summed E-state index contributed by atoms with van der Waals surface area (Å²) >= 11 is 0. The fourth-order valence-corrected chi connectivity index (χ4v) is 4.85. The number of anilines is 1. The third-order valence-electron chi connectivity index (χ3n) is 6.63. The lowest BCUT2D eigenvalue weighted by Crippen LogP contribution is -2.47. The molecule has 2 atom stereocenters. The second kappa shape index (κ2) is 12.0. The number of methoxy groups -OCH3 is 1. The summed E-state index contributed by atoms with van der Waals surface area (Å²) in [5.41, 5.74) is 1.91. The Morgan fingerprint density at radius 1 is 1.16 bits per heavy atom. The van der Waals surface area contributed by atoms with E-state index in [9.17, 15) is 14.4 Å². The summed E-state index contributed by atoms with van der Waals surface area (Å²) in [4.78, 5) is 23.2. The summed E-state index contributed by atoms with van der Waals surface area (Å²) in [6.07, 6.45) is 5.16. The van der Waals surface area contributed by atoms with Crippen molar-refractivity contribution >= 4 is 17.4 Å². The van der Waals surface area contributed by atoms with Crippen LogP contribution in [0.2, 0.25) is 0 Å². The summed E-state index contributed by atoms with van der Waals surface area (Å²) in [6.45, 7) is 8.40. The van der Waals surface area contributed by atoms with Crippen LogP contribution >= 0.6 is 0 Å². The average Bonchev–Trinajstić information content (AvgIpc) is 3.55. The Morgan fingerprint density at radius 3 is 2.63 bits per heavy atom. The largest absolute Gasteiger partial charge is 0.492 e. The van der Waals surface area contributed by atoms with E-state index in [1.165, 1.54) is 25.6 Å². The number of alkyl carbamates (subject to hydrolysis) is 1. The van der Waals surface area contributed by atoms with Crippen molar-refractivity contribution < 1.29 is 28.1 Å². The molecule has 4 aromatic rings. The molecule has 0 radical (unpaired) electrons. The van der Waals surface area contributed by atoms with Crippen LogP contribution in [0.4, 0.5) is 15.0 Å². The molecule has 1 aliphatic rings. The lowest BCUT2D eigenvalue weighted by atomic mass is 10.1. The molecular weight excluding hydrogens is 557 g/mol. The summed E-state index contributed by atoms with van der Waals surface area (Å²) in [5, 5.41) is 16.8. The van der Waals surface area contributed by atoms with Crippen molar-refractivity contribution in [2.45, 2.75) is 45.4 Å². The third-order valence-corrected chi connectivity index (χ3v) is 6.63. The van der Waals surface area contributed by atoms with Crippen LogP contribution in [0, 0.1) is 17.1 Å². The van der Waals surface area contributed by atoms with Crippen molar-refractivity contribution in [2.75, 3.05) is 31.7 Å². The van der Waals surface area contributed by atoms with E-state index in [-0.39, 0.29) is 11.6 Å². The number of carbonyl (C=O) groups excluding carboxylic acids is 1. The molecule has 43 heavy (non-hydrogen) atoms. The molecule has 12 nitrogen and oxygen atoms in total. The summed E-state index contributed by atoms with van der Waals surface area (Å²) in [6, 6.07) is 8.48. The number of nitriles is 1. The molecule has 224 valence electrons. The highest BCUT2D eigenvalue weighted by atomic mass is 19.1. The number of amides is 1. The Balaban J connectivity index is 1.41.